The van der Waals surface area contributed by atoms with Crippen molar-refractivity contribution in [1.29, 1.82) is 0 Å². The molecule has 0 spiro atoms. The molecule has 0 radical (unpaired) electrons. The van der Waals surface area contributed by atoms with Gasteiger partial charge in [-0.25, -0.2) is 4.79 Å². The van der Waals surface area contributed by atoms with Gasteiger partial charge in [0.25, 0.3) is 0 Å². The van der Waals surface area contributed by atoms with E-state index in [1.54, 1.807) is 20.8 Å². The van der Waals surface area contributed by atoms with E-state index in [9.17, 15) is 14.7 Å². The molecule has 2 aliphatic rings. The third kappa shape index (κ3) is 4.00. The van der Waals surface area contributed by atoms with Crippen molar-refractivity contribution in [3.8, 4) is 0 Å². The van der Waals surface area contributed by atoms with E-state index in [2.05, 4.69) is 5.32 Å². The average Bonchev–Trinajstić information content (AvgIpc) is 3.09. The van der Waals surface area contributed by atoms with E-state index >= 15 is 0 Å². The Kier molecular flexibility index (Phi) is 5.04. The van der Waals surface area contributed by atoms with Gasteiger partial charge in [-0.1, -0.05) is 42.5 Å². The highest BCUT2D eigenvalue weighted by Gasteiger charge is 2.59. The fourth-order valence-corrected chi connectivity index (χ4v) is 4.51. The van der Waals surface area contributed by atoms with Crippen LogP contribution in [0.1, 0.15) is 45.2 Å². The van der Waals surface area contributed by atoms with Crippen molar-refractivity contribution >= 4 is 12.1 Å². The molecule has 0 heterocycles. The molecule has 1 aromatic carbocycles. The number of amides is 1. The quantitative estimate of drug-likeness (QED) is 0.689. The van der Waals surface area contributed by atoms with Gasteiger partial charge in [0.2, 0.25) is 0 Å². The van der Waals surface area contributed by atoms with E-state index in [0.717, 1.165) is 5.56 Å². The van der Waals surface area contributed by atoms with E-state index in [-0.39, 0.29) is 12.0 Å². The summed E-state index contributed by atoms with van der Waals surface area (Å²) in [5.41, 5.74) is 6.19. The van der Waals surface area contributed by atoms with Crippen molar-refractivity contribution in [2.24, 2.45) is 23.0 Å². The fraction of sp³-hybridized carbons (Fsp3) is 0.524. The number of aliphatic carboxylic acids is 1. The first-order valence-electron chi connectivity index (χ1n) is 9.33. The number of ether oxygens (including phenoxy) is 1. The van der Waals surface area contributed by atoms with Crippen molar-refractivity contribution in [2.45, 2.75) is 51.3 Å². The number of carbonyl (C=O) groups is 2. The smallest absolute Gasteiger partial charge is 0.407 e. The maximum absolute atomic E-state index is 12.2. The number of hydrogen-bond acceptors (Lipinski definition) is 4. The predicted molar refractivity (Wildman–Crippen MR) is 102 cm³/mol. The molecule has 1 saturated carbocycles. The molecule has 6 heteroatoms. The average molecular weight is 372 g/mol. The van der Waals surface area contributed by atoms with Crippen LogP contribution in [0.25, 0.3) is 0 Å². The third-order valence-corrected chi connectivity index (χ3v) is 5.51. The highest BCUT2D eigenvalue weighted by Crippen LogP contribution is 2.57. The number of carboxylic acids is 1. The molecule has 2 aliphatic carbocycles. The zero-order valence-electron chi connectivity index (χ0n) is 16.0. The van der Waals surface area contributed by atoms with E-state index < -0.39 is 35.0 Å². The molecule has 3 rings (SSSR count). The Bertz CT molecular complexity index is 740. The zero-order valence-corrected chi connectivity index (χ0v) is 16.0. The Labute approximate surface area is 159 Å². The second kappa shape index (κ2) is 7.00. The maximum atomic E-state index is 12.2. The molecule has 27 heavy (non-hydrogen) atoms. The van der Waals surface area contributed by atoms with Gasteiger partial charge < -0.3 is 20.9 Å². The summed E-state index contributed by atoms with van der Waals surface area (Å²) in [6.45, 7) is 5.34. The molecule has 4 N–H and O–H groups in total. The van der Waals surface area contributed by atoms with Gasteiger partial charge in [0, 0.05) is 11.5 Å². The Morgan fingerprint density at radius 2 is 2.00 bits per heavy atom. The monoisotopic (exact) mass is 372 g/mol. The van der Waals surface area contributed by atoms with Crippen LogP contribution in [0.4, 0.5) is 4.79 Å². The Morgan fingerprint density at radius 3 is 2.59 bits per heavy atom. The van der Waals surface area contributed by atoms with Gasteiger partial charge in [-0.15, -0.1) is 0 Å². The number of benzene rings is 1. The number of alkyl carbamates (subject to hydrolysis) is 1. The first-order valence-corrected chi connectivity index (χ1v) is 9.33. The van der Waals surface area contributed by atoms with E-state index in [1.165, 1.54) is 0 Å². The van der Waals surface area contributed by atoms with Crippen LogP contribution in [0.3, 0.4) is 0 Å². The van der Waals surface area contributed by atoms with Crippen LogP contribution in [0.15, 0.2) is 42.5 Å². The maximum Gasteiger partial charge on any atom is 0.407 e. The standard InChI is InChI=1S/C21H28N2O4/c1-20(2,3)27-19(26)23-17-14-9-10-21(11-14,16(17)18(24)25)12-15(22)13-7-5-4-6-8-13/h4-10,14-17H,11-12,22H2,1-3H3,(H,23,26)(H,24,25)/t14-,15+,16-,17+,21-/m0/s1. The molecule has 1 aromatic rings. The number of rotatable bonds is 5. The lowest BCUT2D eigenvalue weighted by atomic mass is 9.71. The van der Waals surface area contributed by atoms with Gasteiger partial charge in [0.15, 0.2) is 0 Å². The van der Waals surface area contributed by atoms with Crippen LogP contribution in [-0.4, -0.2) is 28.8 Å². The first-order chi connectivity index (χ1) is 12.6. The Morgan fingerprint density at radius 1 is 1.33 bits per heavy atom. The first kappa shape index (κ1) is 19.4. The van der Waals surface area contributed by atoms with E-state index in [1.807, 2.05) is 42.5 Å². The van der Waals surface area contributed by atoms with Crippen LogP contribution in [0, 0.1) is 17.3 Å². The zero-order chi connectivity index (χ0) is 19.8. The minimum absolute atomic E-state index is 0.0263. The van der Waals surface area contributed by atoms with Crippen molar-refractivity contribution in [3.05, 3.63) is 48.0 Å². The molecule has 0 aromatic heterocycles. The summed E-state index contributed by atoms with van der Waals surface area (Å²) in [5.74, 6) is -1.67. The van der Waals surface area contributed by atoms with E-state index in [0.29, 0.717) is 12.8 Å². The van der Waals surface area contributed by atoms with Crippen LogP contribution >= 0.6 is 0 Å². The molecule has 6 nitrogen and oxygen atoms in total. The normalized spacial score (nSPS) is 30.1. The predicted octanol–water partition coefficient (Wildman–Crippen LogP) is 3.25. The van der Waals surface area contributed by atoms with E-state index in [4.69, 9.17) is 10.5 Å². The molecule has 0 aliphatic heterocycles. The van der Waals surface area contributed by atoms with Crippen molar-refractivity contribution < 1.29 is 19.4 Å². The number of allylic oxidation sites excluding steroid dienone is 1. The number of fused-ring (bicyclic) bond motifs is 2. The summed E-state index contributed by atoms with van der Waals surface area (Å²) in [7, 11) is 0. The SMILES string of the molecule is CC(C)(C)OC(=O)N[C@H]1[C@@H](C(=O)O)[C@@]2(C[C@@H](N)c3ccccc3)C=C[C@H]1C2. The van der Waals surface area contributed by atoms with Gasteiger partial charge >= 0.3 is 12.1 Å². The molecule has 0 saturated heterocycles. The van der Waals surface area contributed by atoms with Crippen molar-refractivity contribution in [3.63, 3.8) is 0 Å². The minimum Gasteiger partial charge on any atom is -0.481 e. The van der Waals surface area contributed by atoms with Crippen molar-refractivity contribution in [1.82, 2.24) is 5.32 Å². The highest BCUT2D eigenvalue weighted by atomic mass is 16.6. The summed E-state index contributed by atoms with van der Waals surface area (Å²) >= 11 is 0. The number of nitrogens with two attached hydrogens (primary N) is 1. The second-order valence-electron chi connectivity index (χ2n) is 8.67. The summed E-state index contributed by atoms with van der Waals surface area (Å²) in [4.78, 5) is 24.4. The number of nitrogens with one attached hydrogen (secondary N) is 1. The summed E-state index contributed by atoms with van der Waals surface area (Å²) < 4.78 is 5.33. The Hall–Kier alpha value is -2.34. The molecular formula is C21H28N2O4. The topological polar surface area (TPSA) is 102 Å². The van der Waals surface area contributed by atoms with Gasteiger partial charge in [0.05, 0.1) is 12.0 Å². The highest BCUT2D eigenvalue weighted by molar-refractivity contribution is 5.76. The van der Waals surface area contributed by atoms with Gasteiger partial charge in [-0.2, -0.15) is 0 Å². The molecule has 1 amide bonds. The van der Waals surface area contributed by atoms with Crippen LogP contribution in [0.5, 0.6) is 0 Å². The third-order valence-electron chi connectivity index (χ3n) is 5.51. The molecule has 5 atom stereocenters. The van der Waals surface area contributed by atoms with Crippen LogP contribution in [-0.2, 0) is 9.53 Å². The number of carboxylic acid groups (broad SMARTS) is 1. The van der Waals surface area contributed by atoms with Gasteiger partial charge in [-0.05, 0) is 45.1 Å². The number of hydrogen-bond donors (Lipinski definition) is 3. The second-order valence-corrected chi connectivity index (χ2v) is 8.67. The van der Waals surface area contributed by atoms with Gasteiger partial charge in [0.1, 0.15) is 5.60 Å². The lowest BCUT2D eigenvalue weighted by molar-refractivity contribution is -0.145. The van der Waals surface area contributed by atoms with Crippen LogP contribution < -0.4 is 11.1 Å². The van der Waals surface area contributed by atoms with Gasteiger partial charge in [-0.3, -0.25) is 4.79 Å². The molecule has 146 valence electrons. The summed E-state index contributed by atoms with van der Waals surface area (Å²) in [6.07, 6.45) is 4.62. The Balaban J connectivity index is 1.79. The minimum atomic E-state index is -0.914. The largest absolute Gasteiger partial charge is 0.481 e. The van der Waals surface area contributed by atoms with Crippen molar-refractivity contribution in [2.75, 3.05) is 0 Å². The summed E-state index contributed by atoms with van der Waals surface area (Å²) in [5, 5.41) is 12.7. The number of carbonyl (C=O) groups excluding carboxylic acids is 1. The molecule has 1 fully saturated rings. The van der Waals surface area contributed by atoms with Crippen LogP contribution in [0.2, 0.25) is 0 Å². The summed E-state index contributed by atoms with van der Waals surface area (Å²) in [6, 6.07) is 8.93. The fourth-order valence-electron chi connectivity index (χ4n) is 4.51. The molecule has 2 bridgehead atoms. The molecule has 0 unspecified atom stereocenters. The lowest BCUT2D eigenvalue weighted by Crippen LogP contribution is -2.49. The lowest BCUT2D eigenvalue weighted by Gasteiger charge is -2.35. The molecular weight excluding hydrogens is 344 g/mol.